The van der Waals surface area contributed by atoms with E-state index in [1.165, 1.54) is 10.6 Å². The number of amides is 2. The van der Waals surface area contributed by atoms with Crippen molar-refractivity contribution in [2.45, 2.75) is 18.9 Å². The SMILES string of the molecule is CN(C)C(=O)COc1ccccc1C(=O)N1CCC(N(C)c2ccccc2)CC1. The third-order valence-electron chi connectivity index (χ3n) is 5.43. The summed E-state index contributed by atoms with van der Waals surface area (Å²) >= 11 is 0. The third-order valence-corrected chi connectivity index (χ3v) is 5.43. The summed E-state index contributed by atoms with van der Waals surface area (Å²) in [5, 5.41) is 0. The molecule has 2 aromatic carbocycles. The Kier molecular flexibility index (Phi) is 6.75. The molecule has 154 valence electrons. The predicted molar refractivity (Wildman–Crippen MR) is 114 cm³/mol. The summed E-state index contributed by atoms with van der Waals surface area (Å²) in [7, 11) is 5.47. The van der Waals surface area contributed by atoms with Gasteiger partial charge in [-0.25, -0.2) is 0 Å². The van der Waals surface area contributed by atoms with E-state index < -0.39 is 0 Å². The molecule has 1 fully saturated rings. The first kappa shape index (κ1) is 20.7. The molecule has 1 saturated heterocycles. The lowest BCUT2D eigenvalue weighted by atomic mass is 10.0. The second-order valence-corrected chi connectivity index (χ2v) is 7.54. The summed E-state index contributed by atoms with van der Waals surface area (Å²) in [6.45, 7) is 1.32. The molecule has 1 heterocycles. The normalized spacial score (nSPS) is 14.4. The van der Waals surface area contributed by atoms with Gasteiger partial charge in [0.15, 0.2) is 6.61 Å². The molecule has 0 aliphatic carbocycles. The van der Waals surface area contributed by atoms with Crippen molar-refractivity contribution < 1.29 is 14.3 Å². The number of rotatable bonds is 6. The highest BCUT2D eigenvalue weighted by molar-refractivity contribution is 5.97. The standard InChI is InChI=1S/C23H29N3O3/c1-24(2)22(27)17-29-21-12-8-7-11-20(21)23(28)26-15-13-19(14-16-26)25(3)18-9-5-4-6-10-18/h4-12,19H,13-17H2,1-3H3. The van der Waals surface area contributed by atoms with Crippen LogP contribution in [0.4, 0.5) is 5.69 Å². The van der Waals surface area contributed by atoms with Gasteiger partial charge in [-0.15, -0.1) is 0 Å². The molecule has 0 radical (unpaired) electrons. The first-order chi connectivity index (χ1) is 14.0. The maximum atomic E-state index is 13.1. The molecule has 2 amide bonds. The lowest BCUT2D eigenvalue weighted by molar-refractivity contribution is -0.130. The summed E-state index contributed by atoms with van der Waals surface area (Å²) in [6, 6.07) is 17.9. The van der Waals surface area contributed by atoms with Crippen LogP contribution in [0.3, 0.4) is 0 Å². The quantitative estimate of drug-likeness (QED) is 0.755. The van der Waals surface area contributed by atoms with Crippen molar-refractivity contribution >= 4 is 17.5 Å². The molecule has 6 nitrogen and oxygen atoms in total. The minimum atomic E-state index is -0.142. The summed E-state index contributed by atoms with van der Waals surface area (Å²) in [4.78, 5) is 30.5. The van der Waals surface area contributed by atoms with Gasteiger partial charge in [-0.1, -0.05) is 30.3 Å². The van der Waals surface area contributed by atoms with Gasteiger partial charge in [-0.2, -0.15) is 0 Å². The molecule has 6 heteroatoms. The molecular weight excluding hydrogens is 366 g/mol. The van der Waals surface area contributed by atoms with E-state index in [2.05, 4.69) is 24.1 Å². The van der Waals surface area contributed by atoms with Crippen LogP contribution in [0.5, 0.6) is 5.75 Å². The van der Waals surface area contributed by atoms with E-state index in [1.54, 1.807) is 26.2 Å². The van der Waals surface area contributed by atoms with Gasteiger partial charge >= 0.3 is 0 Å². The first-order valence-corrected chi connectivity index (χ1v) is 9.96. The molecule has 2 aromatic rings. The van der Waals surface area contributed by atoms with Gasteiger partial charge in [0.1, 0.15) is 5.75 Å². The van der Waals surface area contributed by atoms with Crippen LogP contribution in [-0.2, 0) is 4.79 Å². The smallest absolute Gasteiger partial charge is 0.259 e. The number of anilines is 1. The third kappa shape index (κ3) is 5.08. The molecule has 0 N–H and O–H groups in total. The van der Waals surface area contributed by atoms with Gasteiger partial charge in [0.05, 0.1) is 5.56 Å². The van der Waals surface area contributed by atoms with Crippen LogP contribution in [0, 0.1) is 0 Å². The van der Waals surface area contributed by atoms with Gasteiger partial charge in [-0.05, 0) is 37.1 Å². The van der Waals surface area contributed by atoms with E-state index in [0.29, 0.717) is 30.4 Å². The van der Waals surface area contributed by atoms with E-state index in [9.17, 15) is 9.59 Å². The summed E-state index contributed by atoms with van der Waals surface area (Å²) in [6.07, 6.45) is 1.83. The number of nitrogens with zero attached hydrogens (tertiary/aromatic N) is 3. The molecular formula is C23H29N3O3. The molecule has 0 spiro atoms. The molecule has 0 saturated carbocycles. The average molecular weight is 396 g/mol. The van der Waals surface area contributed by atoms with Gasteiger partial charge in [-0.3, -0.25) is 9.59 Å². The number of piperidine rings is 1. The zero-order chi connectivity index (χ0) is 20.8. The van der Waals surface area contributed by atoms with Crippen LogP contribution in [-0.4, -0.2) is 68.5 Å². The monoisotopic (exact) mass is 395 g/mol. The minimum absolute atomic E-state index is 0.0429. The molecule has 3 rings (SSSR count). The Balaban J connectivity index is 1.62. The van der Waals surface area contributed by atoms with Crippen LogP contribution < -0.4 is 9.64 Å². The molecule has 0 atom stereocenters. The van der Waals surface area contributed by atoms with E-state index in [1.807, 2.05) is 35.2 Å². The van der Waals surface area contributed by atoms with Crippen molar-refractivity contribution in [3.05, 3.63) is 60.2 Å². The number of ether oxygens (including phenoxy) is 1. The van der Waals surface area contributed by atoms with Crippen molar-refractivity contribution in [1.82, 2.24) is 9.80 Å². The van der Waals surface area contributed by atoms with E-state index in [0.717, 1.165) is 12.8 Å². The van der Waals surface area contributed by atoms with Gasteiger partial charge in [0.2, 0.25) is 0 Å². The van der Waals surface area contributed by atoms with Crippen molar-refractivity contribution in [2.75, 3.05) is 45.7 Å². The van der Waals surface area contributed by atoms with E-state index in [-0.39, 0.29) is 18.4 Å². The fourth-order valence-corrected chi connectivity index (χ4v) is 3.54. The number of hydrogen-bond donors (Lipinski definition) is 0. The van der Waals surface area contributed by atoms with Crippen molar-refractivity contribution in [1.29, 1.82) is 0 Å². The average Bonchev–Trinajstić information content (AvgIpc) is 2.77. The highest BCUT2D eigenvalue weighted by Crippen LogP contribution is 2.25. The lowest BCUT2D eigenvalue weighted by Crippen LogP contribution is -2.45. The summed E-state index contributed by atoms with van der Waals surface area (Å²) in [5.41, 5.74) is 1.70. The number of hydrogen-bond acceptors (Lipinski definition) is 4. The Labute approximate surface area is 172 Å². The molecule has 0 bridgehead atoms. The second kappa shape index (κ2) is 9.45. The number of likely N-dealkylation sites (N-methyl/N-ethyl adjacent to an activating group) is 1. The van der Waals surface area contributed by atoms with E-state index >= 15 is 0 Å². The Bertz CT molecular complexity index is 830. The maximum Gasteiger partial charge on any atom is 0.259 e. The van der Waals surface area contributed by atoms with Crippen molar-refractivity contribution in [2.24, 2.45) is 0 Å². The first-order valence-electron chi connectivity index (χ1n) is 9.96. The van der Waals surface area contributed by atoms with Crippen LogP contribution in [0.15, 0.2) is 54.6 Å². The van der Waals surface area contributed by atoms with E-state index in [4.69, 9.17) is 4.74 Å². The fraction of sp³-hybridized carbons (Fsp3) is 0.391. The highest BCUT2D eigenvalue weighted by atomic mass is 16.5. The van der Waals surface area contributed by atoms with Gasteiger partial charge in [0, 0.05) is 46.0 Å². The Morgan fingerprint density at radius 3 is 2.24 bits per heavy atom. The van der Waals surface area contributed by atoms with Crippen LogP contribution in [0.1, 0.15) is 23.2 Å². The Morgan fingerprint density at radius 2 is 1.59 bits per heavy atom. The molecule has 1 aliphatic rings. The fourth-order valence-electron chi connectivity index (χ4n) is 3.54. The Morgan fingerprint density at radius 1 is 0.966 bits per heavy atom. The summed E-state index contributed by atoms with van der Waals surface area (Å²) < 4.78 is 5.64. The number of carbonyl (C=O) groups excluding carboxylic acids is 2. The molecule has 0 aromatic heterocycles. The molecule has 0 unspecified atom stereocenters. The lowest BCUT2D eigenvalue weighted by Gasteiger charge is -2.38. The minimum Gasteiger partial charge on any atom is -0.483 e. The zero-order valence-corrected chi connectivity index (χ0v) is 17.4. The predicted octanol–water partition coefficient (Wildman–Crippen LogP) is 2.89. The largest absolute Gasteiger partial charge is 0.483 e. The Hall–Kier alpha value is -3.02. The van der Waals surface area contributed by atoms with Crippen molar-refractivity contribution in [3.63, 3.8) is 0 Å². The second-order valence-electron chi connectivity index (χ2n) is 7.54. The van der Waals surface area contributed by atoms with Crippen LogP contribution in [0.25, 0.3) is 0 Å². The number of benzene rings is 2. The highest BCUT2D eigenvalue weighted by Gasteiger charge is 2.27. The number of likely N-dealkylation sites (tertiary alicyclic amines) is 1. The number of carbonyl (C=O) groups is 2. The zero-order valence-electron chi connectivity index (χ0n) is 17.4. The van der Waals surface area contributed by atoms with Gasteiger partial charge in [0.25, 0.3) is 11.8 Å². The van der Waals surface area contributed by atoms with Crippen LogP contribution in [0.2, 0.25) is 0 Å². The van der Waals surface area contributed by atoms with Crippen LogP contribution >= 0.6 is 0 Å². The molecule has 29 heavy (non-hydrogen) atoms. The topological polar surface area (TPSA) is 53.1 Å². The molecule has 1 aliphatic heterocycles. The van der Waals surface area contributed by atoms with Crippen molar-refractivity contribution in [3.8, 4) is 5.75 Å². The van der Waals surface area contributed by atoms with Gasteiger partial charge < -0.3 is 19.4 Å². The summed E-state index contributed by atoms with van der Waals surface area (Å²) in [5.74, 6) is 0.270. The number of para-hydroxylation sites is 2. The maximum absolute atomic E-state index is 13.1.